The van der Waals surface area contributed by atoms with Crippen molar-refractivity contribution in [2.75, 3.05) is 19.8 Å². The Kier molecular flexibility index (Phi) is 4.85. The molecule has 128 valence electrons. The molecule has 2 aromatic rings. The summed E-state index contributed by atoms with van der Waals surface area (Å²) in [5, 5.41) is 0. The summed E-state index contributed by atoms with van der Waals surface area (Å²) >= 11 is 0. The quantitative estimate of drug-likeness (QED) is 0.864. The third kappa shape index (κ3) is 3.43. The monoisotopic (exact) mass is 332 g/mol. The van der Waals surface area contributed by atoms with Gasteiger partial charge in [0.15, 0.2) is 6.10 Å². The first-order valence-electron chi connectivity index (χ1n) is 7.98. The molecule has 1 aliphatic heterocycles. The predicted octanol–water partition coefficient (Wildman–Crippen LogP) is 2.53. The SMILES string of the molecule is C[C@H](Oc1cccc(F)c1)C(=O)N1CCOC[C@H]1c1cccn1C. The Hall–Kier alpha value is -2.34. The Bertz CT molecular complexity index is 716. The van der Waals surface area contributed by atoms with E-state index in [4.69, 9.17) is 9.47 Å². The summed E-state index contributed by atoms with van der Waals surface area (Å²) < 4.78 is 26.4. The van der Waals surface area contributed by atoms with Crippen LogP contribution in [0.1, 0.15) is 18.7 Å². The Morgan fingerprint density at radius 1 is 1.38 bits per heavy atom. The number of aryl methyl sites for hydroxylation is 1. The number of aromatic nitrogens is 1. The molecule has 2 atom stereocenters. The lowest BCUT2D eigenvalue weighted by molar-refractivity contribution is -0.147. The maximum atomic E-state index is 13.3. The summed E-state index contributed by atoms with van der Waals surface area (Å²) in [5.41, 5.74) is 1.01. The Balaban J connectivity index is 1.75. The van der Waals surface area contributed by atoms with Gasteiger partial charge >= 0.3 is 0 Å². The minimum absolute atomic E-state index is 0.131. The van der Waals surface area contributed by atoms with Gasteiger partial charge in [-0.1, -0.05) is 6.07 Å². The number of nitrogens with zero attached hydrogens (tertiary/aromatic N) is 2. The Morgan fingerprint density at radius 2 is 2.21 bits per heavy atom. The highest BCUT2D eigenvalue weighted by molar-refractivity contribution is 5.81. The largest absolute Gasteiger partial charge is 0.481 e. The molecule has 0 aliphatic carbocycles. The van der Waals surface area contributed by atoms with Gasteiger partial charge in [0.1, 0.15) is 11.6 Å². The van der Waals surface area contributed by atoms with E-state index < -0.39 is 6.10 Å². The number of hydrogen-bond donors (Lipinski definition) is 0. The number of morpholine rings is 1. The van der Waals surface area contributed by atoms with Crippen LogP contribution in [0.4, 0.5) is 4.39 Å². The highest BCUT2D eigenvalue weighted by atomic mass is 19.1. The molecule has 6 heteroatoms. The van der Waals surface area contributed by atoms with Crippen LogP contribution in [0.25, 0.3) is 0 Å². The second-order valence-corrected chi connectivity index (χ2v) is 5.88. The Labute approximate surface area is 140 Å². The van der Waals surface area contributed by atoms with Crippen LogP contribution in [-0.2, 0) is 16.6 Å². The van der Waals surface area contributed by atoms with Crippen molar-refractivity contribution in [3.63, 3.8) is 0 Å². The number of amides is 1. The molecule has 1 aromatic carbocycles. The fourth-order valence-corrected chi connectivity index (χ4v) is 2.96. The molecule has 0 saturated carbocycles. The van der Waals surface area contributed by atoms with Gasteiger partial charge in [0.2, 0.25) is 0 Å². The maximum absolute atomic E-state index is 13.3. The van der Waals surface area contributed by atoms with Gasteiger partial charge < -0.3 is 18.9 Å². The smallest absolute Gasteiger partial charge is 0.264 e. The van der Waals surface area contributed by atoms with Gasteiger partial charge in [-0.15, -0.1) is 0 Å². The standard InChI is InChI=1S/C18H21FN2O3/c1-13(24-15-6-3-5-14(19)11-15)18(22)21-9-10-23-12-17(21)16-7-4-8-20(16)2/h3-8,11,13,17H,9-10,12H2,1-2H3/t13-,17-/m0/s1. The van der Waals surface area contributed by atoms with Crippen LogP contribution in [0.15, 0.2) is 42.6 Å². The van der Waals surface area contributed by atoms with Crippen LogP contribution in [-0.4, -0.2) is 41.2 Å². The third-order valence-electron chi connectivity index (χ3n) is 4.19. The molecule has 1 saturated heterocycles. The van der Waals surface area contributed by atoms with Gasteiger partial charge in [-0.3, -0.25) is 4.79 Å². The molecule has 2 heterocycles. The summed E-state index contributed by atoms with van der Waals surface area (Å²) in [6, 6.07) is 9.59. The van der Waals surface area contributed by atoms with E-state index in [9.17, 15) is 9.18 Å². The molecule has 24 heavy (non-hydrogen) atoms. The summed E-state index contributed by atoms with van der Waals surface area (Å²) in [6.07, 6.45) is 1.24. The summed E-state index contributed by atoms with van der Waals surface area (Å²) in [5.74, 6) is -0.173. The van der Waals surface area contributed by atoms with Crippen molar-refractivity contribution in [3.8, 4) is 5.75 Å². The highest BCUT2D eigenvalue weighted by Gasteiger charge is 2.33. The lowest BCUT2D eigenvalue weighted by atomic mass is 10.1. The Morgan fingerprint density at radius 3 is 2.92 bits per heavy atom. The summed E-state index contributed by atoms with van der Waals surface area (Å²) in [7, 11) is 1.94. The fraction of sp³-hybridized carbons (Fsp3) is 0.389. The topological polar surface area (TPSA) is 43.7 Å². The normalized spacial score (nSPS) is 19.1. The number of rotatable bonds is 4. The zero-order valence-corrected chi connectivity index (χ0v) is 13.8. The molecule has 0 unspecified atom stereocenters. The van der Waals surface area contributed by atoms with E-state index in [0.29, 0.717) is 25.5 Å². The average Bonchev–Trinajstić information content (AvgIpc) is 3.00. The number of carbonyl (C=O) groups excluding carboxylic acids is 1. The minimum atomic E-state index is -0.701. The zero-order chi connectivity index (χ0) is 17.1. The number of hydrogen-bond acceptors (Lipinski definition) is 3. The van der Waals surface area contributed by atoms with E-state index in [0.717, 1.165) is 5.69 Å². The van der Waals surface area contributed by atoms with Gasteiger partial charge in [0, 0.05) is 31.5 Å². The summed E-state index contributed by atoms with van der Waals surface area (Å²) in [6.45, 7) is 3.14. The van der Waals surface area contributed by atoms with Crippen LogP contribution in [0.3, 0.4) is 0 Å². The van der Waals surface area contributed by atoms with Crippen molar-refractivity contribution >= 4 is 5.91 Å². The summed E-state index contributed by atoms with van der Waals surface area (Å²) in [4.78, 5) is 14.6. The van der Waals surface area contributed by atoms with E-state index in [-0.39, 0.29) is 17.8 Å². The van der Waals surface area contributed by atoms with Crippen LogP contribution in [0.2, 0.25) is 0 Å². The van der Waals surface area contributed by atoms with Gasteiger partial charge in [0.25, 0.3) is 5.91 Å². The molecule has 3 rings (SSSR count). The average molecular weight is 332 g/mol. The molecule has 5 nitrogen and oxygen atoms in total. The van der Waals surface area contributed by atoms with E-state index in [1.54, 1.807) is 24.0 Å². The molecular weight excluding hydrogens is 311 g/mol. The van der Waals surface area contributed by atoms with Crippen molar-refractivity contribution in [2.45, 2.75) is 19.1 Å². The molecule has 0 radical (unpaired) electrons. The minimum Gasteiger partial charge on any atom is -0.481 e. The number of halogens is 1. The van der Waals surface area contributed by atoms with E-state index >= 15 is 0 Å². The van der Waals surface area contributed by atoms with Crippen molar-refractivity contribution in [1.29, 1.82) is 0 Å². The number of carbonyl (C=O) groups is 1. The van der Waals surface area contributed by atoms with Gasteiger partial charge in [-0.2, -0.15) is 0 Å². The second kappa shape index (κ2) is 7.05. The maximum Gasteiger partial charge on any atom is 0.264 e. The molecule has 1 aromatic heterocycles. The molecule has 0 N–H and O–H groups in total. The first-order valence-corrected chi connectivity index (χ1v) is 7.98. The number of ether oxygens (including phenoxy) is 2. The van der Waals surface area contributed by atoms with Crippen LogP contribution < -0.4 is 4.74 Å². The van der Waals surface area contributed by atoms with Crippen LogP contribution in [0.5, 0.6) is 5.75 Å². The first kappa shape index (κ1) is 16.5. The van der Waals surface area contributed by atoms with Gasteiger partial charge in [0.05, 0.1) is 19.3 Å². The van der Waals surface area contributed by atoms with E-state index in [2.05, 4.69) is 0 Å². The van der Waals surface area contributed by atoms with E-state index in [1.807, 2.05) is 29.9 Å². The van der Waals surface area contributed by atoms with E-state index in [1.165, 1.54) is 12.1 Å². The molecule has 1 amide bonds. The van der Waals surface area contributed by atoms with Crippen molar-refractivity contribution < 1.29 is 18.7 Å². The molecular formula is C18H21FN2O3. The van der Waals surface area contributed by atoms with Gasteiger partial charge in [-0.25, -0.2) is 4.39 Å². The lowest BCUT2D eigenvalue weighted by Crippen LogP contribution is -2.48. The molecule has 1 aliphatic rings. The lowest BCUT2D eigenvalue weighted by Gasteiger charge is -2.37. The fourth-order valence-electron chi connectivity index (χ4n) is 2.96. The first-order chi connectivity index (χ1) is 11.6. The van der Waals surface area contributed by atoms with Crippen LogP contribution in [0, 0.1) is 5.82 Å². The molecule has 1 fully saturated rings. The van der Waals surface area contributed by atoms with Crippen molar-refractivity contribution in [1.82, 2.24) is 9.47 Å². The van der Waals surface area contributed by atoms with Crippen molar-refractivity contribution in [2.24, 2.45) is 7.05 Å². The number of benzene rings is 1. The van der Waals surface area contributed by atoms with Crippen LogP contribution >= 0.6 is 0 Å². The predicted molar refractivity (Wildman–Crippen MR) is 87.2 cm³/mol. The highest BCUT2D eigenvalue weighted by Crippen LogP contribution is 2.26. The zero-order valence-electron chi connectivity index (χ0n) is 13.8. The molecule has 0 bridgehead atoms. The van der Waals surface area contributed by atoms with Gasteiger partial charge in [-0.05, 0) is 31.2 Å². The third-order valence-corrected chi connectivity index (χ3v) is 4.19. The second-order valence-electron chi connectivity index (χ2n) is 5.88. The molecule has 0 spiro atoms. The van der Waals surface area contributed by atoms with Crippen molar-refractivity contribution in [3.05, 3.63) is 54.1 Å².